The molecule has 0 aromatic rings. The van der Waals surface area contributed by atoms with Crippen molar-refractivity contribution in [2.45, 2.75) is 60.6 Å². The van der Waals surface area contributed by atoms with Crippen LogP contribution in [0.5, 0.6) is 0 Å². The first-order valence-corrected chi connectivity index (χ1v) is 6.15. The highest BCUT2D eigenvalue weighted by Crippen LogP contribution is 2.51. The van der Waals surface area contributed by atoms with E-state index in [1.807, 2.05) is 34.6 Å². The lowest BCUT2D eigenvalue weighted by Gasteiger charge is -2.45. The molecule has 1 unspecified atom stereocenters. The summed E-state index contributed by atoms with van der Waals surface area (Å²) in [6.07, 6.45) is -3.27. The fourth-order valence-electron chi connectivity index (χ4n) is 2.59. The molecule has 3 heteroatoms. The average molecular weight is 238 g/mol. The van der Waals surface area contributed by atoms with Gasteiger partial charge < -0.3 is 0 Å². The molecule has 0 aromatic heterocycles. The van der Waals surface area contributed by atoms with Crippen molar-refractivity contribution in [1.29, 1.82) is 0 Å². The van der Waals surface area contributed by atoms with E-state index in [-0.39, 0.29) is 18.3 Å². The minimum absolute atomic E-state index is 0.0330. The Kier molecular flexibility index (Phi) is 5.34. The first-order chi connectivity index (χ1) is 7.08. The van der Waals surface area contributed by atoms with Crippen LogP contribution in [-0.4, -0.2) is 6.18 Å². The van der Waals surface area contributed by atoms with E-state index >= 15 is 0 Å². The quantitative estimate of drug-likeness (QED) is 0.611. The highest BCUT2D eigenvalue weighted by atomic mass is 19.4. The predicted molar refractivity (Wildman–Crippen MR) is 62.2 cm³/mol. The Morgan fingerprint density at radius 3 is 1.50 bits per heavy atom. The molecule has 0 spiro atoms. The molecule has 1 atom stereocenters. The summed E-state index contributed by atoms with van der Waals surface area (Å²) in [6, 6.07) is 0. The molecule has 0 fully saturated rings. The van der Waals surface area contributed by atoms with Crippen molar-refractivity contribution in [3.63, 3.8) is 0 Å². The van der Waals surface area contributed by atoms with Crippen LogP contribution in [0.25, 0.3) is 0 Å². The molecule has 16 heavy (non-hydrogen) atoms. The van der Waals surface area contributed by atoms with E-state index in [0.717, 1.165) is 0 Å². The van der Waals surface area contributed by atoms with Gasteiger partial charge in [-0.1, -0.05) is 48.0 Å². The van der Waals surface area contributed by atoms with Crippen molar-refractivity contribution in [3.05, 3.63) is 0 Å². The maximum atomic E-state index is 13.1. The first kappa shape index (κ1) is 15.8. The van der Waals surface area contributed by atoms with Crippen molar-refractivity contribution in [2.24, 2.45) is 23.2 Å². The molecule has 0 amide bonds. The SMILES string of the molecule is CCCC(C(F)(F)F)C(C)(C(C)C)C(C)C. The van der Waals surface area contributed by atoms with Crippen LogP contribution in [0.15, 0.2) is 0 Å². The van der Waals surface area contributed by atoms with Crippen LogP contribution >= 0.6 is 0 Å². The third-order valence-electron chi connectivity index (χ3n) is 4.21. The molecule has 0 saturated carbocycles. The van der Waals surface area contributed by atoms with E-state index < -0.39 is 17.5 Å². The molecule has 0 N–H and O–H groups in total. The minimum atomic E-state index is -4.08. The summed E-state index contributed by atoms with van der Waals surface area (Å²) < 4.78 is 39.4. The second-order valence-electron chi connectivity index (χ2n) is 5.56. The Hall–Kier alpha value is -0.210. The summed E-state index contributed by atoms with van der Waals surface area (Å²) in [4.78, 5) is 0. The minimum Gasteiger partial charge on any atom is -0.171 e. The Labute approximate surface area is 97.6 Å². The van der Waals surface area contributed by atoms with Gasteiger partial charge in [0.25, 0.3) is 0 Å². The highest BCUT2D eigenvalue weighted by Gasteiger charge is 2.52. The zero-order chi connectivity index (χ0) is 13.1. The molecule has 0 saturated heterocycles. The smallest absolute Gasteiger partial charge is 0.171 e. The zero-order valence-electron chi connectivity index (χ0n) is 11.3. The molecule has 0 radical (unpaired) electrons. The van der Waals surface area contributed by atoms with Crippen LogP contribution in [-0.2, 0) is 0 Å². The van der Waals surface area contributed by atoms with Crippen molar-refractivity contribution >= 4 is 0 Å². The largest absolute Gasteiger partial charge is 0.392 e. The molecule has 0 rings (SSSR count). The van der Waals surface area contributed by atoms with Crippen molar-refractivity contribution in [2.75, 3.05) is 0 Å². The van der Waals surface area contributed by atoms with Crippen LogP contribution < -0.4 is 0 Å². The molecule has 0 bridgehead atoms. The third kappa shape index (κ3) is 3.14. The second kappa shape index (κ2) is 5.42. The molecule has 0 aromatic carbocycles. The van der Waals surface area contributed by atoms with Crippen LogP contribution in [0.3, 0.4) is 0 Å². The summed E-state index contributed by atoms with van der Waals surface area (Å²) in [6.45, 7) is 11.2. The van der Waals surface area contributed by atoms with Crippen LogP contribution in [0, 0.1) is 23.2 Å². The first-order valence-electron chi connectivity index (χ1n) is 6.15. The van der Waals surface area contributed by atoms with Gasteiger partial charge in [-0.3, -0.25) is 0 Å². The van der Waals surface area contributed by atoms with Gasteiger partial charge in [-0.25, -0.2) is 0 Å². The fraction of sp³-hybridized carbons (Fsp3) is 1.00. The van der Waals surface area contributed by atoms with Gasteiger partial charge in [0.15, 0.2) is 0 Å². The summed E-state index contributed by atoms with van der Waals surface area (Å²) >= 11 is 0. The Morgan fingerprint density at radius 2 is 1.31 bits per heavy atom. The molecule has 98 valence electrons. The molecule has 0 heterocycles. The van der Waals surface area contributed by atoms with E-state index in [4.69, 9.17) is 0 Å². The Morgan fingerprint density at radius 1 is 0.938 bits per heavy atom. The maximum Gasteiger partial charge on any atom is 0.392 e. The molecule has 0 nitrogen and oxygen atoms in total. The van der Waals surface area contributed by atoms with Crippen molar-refractivity contribution in [3.8, 4) is 0 Å². The number of alkyl halides is 3. The predicted octanol–water partition coefficient (Wildman–Crippen LogP) is 5.28. The van der Waals surface area contributed by atoms with Crippen LogP contribution in [0.2, 0.25) is 0 Å². The van der Waals surface area contributed by atoms with Crippen molar-refractivity contribution in [1.82, 2.24) is 0 Å². The average Bonchev–Trinajstić information content (AvgIpc) is 2.10. The van der Waals surface area contributed by atoms with Gasteiger partial charge >= 0.3 is 6.18 Å². The van der Waals surface area contributed by atoms with Gasteiger partial charge in [-0.05, 0) is 23.7 Å². The summed E-state index contributed by atoms with van der Waals surface area (Å²) in [5, 5.41) is 0. The highest BCUT2D eigenvalue weighted by molar-refractivity contribution is 4.91. The van der Waals surface area contributed by atoms with E-state index in [1.54, 1.807) is 6.92 Å². The van der Waals surface area contributed by atoms with Gasteiger partial charge in [-0.2, -0.15) is 13.2 Å². The number of halogens is 3. The van der Waals surface area contributed by atoms with Crippen molar-refractivity contribution < 1.29 is 13.2 Å². The van der Waals surface area contributed by atoms with E-state index in [9.17, 15) is 13.2 Å². The third-order valence-corrected chi connectivity index (χ3v) is 4.21. The molecular weight excluding hydrogens is 213 g/mol. The van der Waals surface area contributed by atoms with E-state index in [2.05, 4.69) is 0 Å². The molecule has 0 aliphatic heterocycles. The number of hydrogen-bond acceptors (Lipinski definition) is 0. The van der Waals surface area contributed by atoms with Crippen LogP contribution in [0.4, 0.5) is 13.2 Å². The van der Waals surface area contributed by atoms with Crippen LogP contribution in [0.1, 0.15) is 54.4 Å². The van der Waals surface area contributed by atoms with E-state index in [1.165, 1.54) is 0 Å². The number of rotatable bonds is 5. The Balaban J connectivity index is 5.27. The second-order valence-corrected chi connectivity index (χ2v) is 5.56. The molecule has 0 aliphatic rings. The fourth-order valence-corrected chi connectivity index (χ4v) is 2.59. The lowest BCUT2D eigenvalue weighted by Crippen LogP contribution is -2.45. The number of hydrogen-bond donors (Lipinski definition) is 0. The maximum absolute atomic E-state index is 13.1. The van der Waals surface area contributed by atoms with Gasteiger partial charge in [0.05, 0.1) is 5.92 Å². The lowest BCUT2D eigenvalue weighted by atomic mass is 9.61. The summed E-state index contributed by atoms with van der Waals surface area (Å²) in [7, 11) is 0. The van der Waals surface area contributed by atoms with Gasteiger partial charge in [0.2, 0.25) is 0 Å². The topological polar surface area (TPSA) is 0 Å². The van der Waals surface area contributed by atoms with Gasteiger partial charge in [0, 0.05) is 0 Å². The molecule has 0 aliphatic carbocycles. The summed E-state index contributed by atoms with van der Waals surface area (Å²) in [5.41, 5.74) is -0.672. The van der Waals surface area contributed by atoms with Gasteiger partial charge in [0.1, 0.15) is 0 Å². The summed E-state index contributed by atoms with van der Waals surface area (Å²) in [5.74, 6) is -1.12. The molecular formula is C13H25F3. The van der Waals surface area contributed by atoms with E-state index in [0.29, 0.717) is 6.42 Å². The monoisotopic (exact) mass is 238 g/mol. The lowest BCUT2D eigenvalue weighted by molar-refractivity contribution is -0.222. The zero-order valence-corrected chi connectivity index (χ0v) is 11.3. The standard InChI is InChI=1S/C13H25F3/c1-7-8-11(13(14,15)16)12(6,9(2)3)10(4)5/h9-11H,7-8H2,1-6H3. The normalized spacial score (nSPS) is 15.9. The van der Waals surface area contributed by atoms with Gasteiger partial charge in [-0.15, -0.1) is 0 Å². The Bertz CT molecular complexity index is 196.